The Morgan fingerprint density at radius 2 is 1.04 bits per heavy atom. The van der Waals surface area contributed by atoms with E-state index < -0.39 is 38.4 Å². The predicted octanol–water partition coefficient (Wildman–Crippen LogP) is 11.7. The Bertz CT molecular complexity index is 1140. The number of aliphatic carboxylic acids is 1. The number of hydrogen-bond donors (Lipinski definition) is 3. The van der Waals surface area contributed by atoms with Crippen LogP contribution in [0.1, 0.15) is 181 Å². The second-order valence-electron chi connectivity index (χ2n) is 14.6. The quantitative estimate of drug-likeness (QED) is 0.0233. The van der Waals surface area contributed by atoms with E-state index in [-0.39, 0.29) is 39.1 Å². The van der Waals surface area contributed by atoms with Crippen LogP contribution in [0.5, 0.6) is 0 Å². The van der Waals surface area contributed by atoms with Crippen LogP contribution in [0.25, 0.3) is 0 Å². The van der Waals surface area contributed by atoms with E-state index in [0.29, 0.717) is 19.3 Å². The molecule has 12 heteroatoms. The molecule has 0 heterocycles. The molecule has 0 aliphatic carbocycles. The average molecular weight is 826 g/mol. The standard InChI is InChI=1S/C45H80NO10P/c1-3-5-7-9-11-13-15-17-19-20-22-24-26-28-30-32-34-36-45(50)56-42(41-55-57(51,52)54-38-37-46-39-43(47)48)40-53-44(49)35-33-31-29-27-25-23-21-18-16-14-12-10-8-6-4-2/h11,13,17,19,22,24,28,30,42,46H,3-10,12,14-16,18,20-21,23,25-27,29,31-41H2,1-2H3,(H,47,48)(H,51,52)/b13-11-,19-17-,24-22-,30-28-/t42-/m1/s1. The van der Waals surface area contributed by atoms with Crippen molar-refractivity contribution in [3.05, 3.63) is 48.6 Å². The van der Waals surface area contributed by atoms with E-state index in [1.54, 1.807) is 0 Å². The molecule has 0 radical (unpaired) electrons. The first-order chi connectivity index (χ1) is 27.7. The topological polar surface area (TPSA) is 158 Å². The Hall–Kier alpha value is -2.56. The lowest BCUT2D eigenvalue weighted by atomic mass is 10.0. The van der Waals surface area contributed by atoms with Crippen molar-refractivity contribution in [2.24, 2.45) is 0 Å². The second kappa shape index (κ2) is 41.6. The predicted molar refractivity (Wildman–Crippen MR) is 231 cm³/mol. The molecule has 57 heavy (non-hydrogen) atoms. The highest BCUT2D eigenvalue weighted by Crippen LogP contribution is 2.43. The molecule has 0 rings (SSSR count). The zero-order chi connectivity index (χ0) is 41.9. The number of carboxylic acids is 1. The van der Waals surface area contributed by atoms with Crippen molar-refractivity contribution in [2.75, 3.05) is 32.9 Å². The van der Waals surface area contributed by atoms with Crippen molar-refractivity contribution < 1.29 is 47.5 Å². The van der Waals surface area contributed by atoms with Gasteiger partial charge < -0.3 is 24.8 Å². The van der Waals surface area contributed by atoms with Gasteiger partial charge >= 0.3 is 25.7 Å². The van der Waals surface area contributed by atoms with E-state index in [4.69, 9.17) is 23.6 Å². The minimum absolute atomic E-state index is 0.00892. The van der Waals surface area contributed by atoms with Crippen LogP contribution in [0.15, 0.2) is 48.6 Å². The number of nitrogens with one attached hydrogen (secondary N) is 1. The summed E-state index contributed by atoms with van der Waals surface area (Å²) < 4.78 is 33.1. The van der Waals surface area contributed by atoms with Crippen LogP contribution < -0.4 is 5.32 Å². The highest BCUT2D eigenvalue weighted by molar-refractivity contribution is 7.47. The number of rotatable bonds is 42. The number of hydrogen-bond acceptors (Lipinski definition) is 9. The van der Waals surface area contributed by atoms with E-state index in [1.165, 1.54) is 89.9 Å². The molecule has 0 fully saturated rings. The summed E-state index contributed by atoms with van der Waals surface area (Å²) in [6, 6.07) is 0. The fourth-order valence-electron chi connectivity index (χ4n) is 5.83. The molecule has 0 aliphatic heterocycles. The highest BCUT2D eigenvalue weighted by Gasteiger charge is 2.26. The summed E-state index contributed by atoms with van der Waals surface area (Å²) in [4.78, 5) is 45.8. The van der Waals surface area contributed by atoms with Crippen molar-refractivity contribution >= 4 is 25.7 Å². The van der Waals surface area contributed by atoms with E-state index >= 15 is 0 Å². The number of unbranched alkanes of at least 4 members (excludes halogenated alkanes) is 18. The van der Waals surface area contributed by atoms with Crippen LogP contribution in [-0.2, 0) is 37.5 Å². The van der Waals surface area contributed by atoms with Crippen molar-refractivity contribution in [1.29, 1.82) is 0 Å². The Balaban J connectivity index is 4.46. The summed E-state index contributed by atoms with van der Waals surface area (Å²) in [5.41, 5.74) is 0. The fourth-order valence-corrected chi connectivity index (χ4v) is 6.58. The van der Waals surface area contributed by atoms with Crippen LogP contribution in [0.3, 0.4) is 0 Å². The molecule has 11 nitrogen and oxygen atoms in total. The lowest BCUT2D eigenvalue weighted by Gasteiger charge is -2.20. The molecule has 330 valence electrons. The zero-order valence-electron chi connectivity index (χ0n) is 35.7. The molecule has 3 N–H and O–H groups in total. The molecule has 0 bridgehead atoms. The molecule has 0 aromatic rings. The third-order valence-electron chi connectivity index (χ3n) is 9.16. The largest absolute Gasteiger partial charge is 0.480 e. The molecule has 0 amide bonds. The van der Waals surface area contributed by atoms with E-state index in [0.717, 1.165) is 44.9 Å². The third kappa shape index (κ3) is 42.9. The molecular weight excluding hydrogens is 745 g/mol. The van der Waals surface area contributed by atoms with E-state index in [9.17, 15) is 23.8 Å². The summed E-state index contributed by atoms with van der Waals surface area (Å²) >= 11 is 0. The van der Waals surface area contributed by atoms with Gasteiger partial charge in [-0.1, -0.05) is 165 Å². The molecule has 0 aliphatic rings. The highest BCUT2D eigenvalue weighted by atomic mass is 31.2. The maximum Gasteiger partial charge on any atom is 0.472 e. The molecule has 1 unspecified atom stereocenters. The Kier molecular flexibility index (Phi) is 39.7. The minimum atomic E-state index is -4.54. The van der Waals surface area contributed by atoms with Gasteiger partial charge in [-0.15, -0.1) is 0 Å². The second-order valence-corrected chi connectivity index (χ2v) is 16.1. The van der Waals surface area contributed by atoms with Crippen molar-refractivity contribution in [3.63, 3.8) is 0 Å². The van der Waals surface area contributed by atoms with Gasteiger partial charge in [0.1, 0.15) is 6.61 Å². The number of esters is 2. The molecule has 0 saturated heterocycles. The Morgan fingerprint density at radius 1 is 0.579 bits per heavy atom. The molecule has 0 aromatic heterocycles. The first kappa shape index (κ1) is 54.4. The molecule has 2 atom stereocenters. The number of carbonyl (C=O) groups excluding carboxylic acids is 2. The maximum absolute atomic E-state index is 12.6. The van der Waals surface area contributed by atoms with Crippen molar-refractivity contribution in [2.45, 2.75) is 187 Å². The van der Waals surface area contributed by atoms with Gasteiger partial charge in [-0.2, -0.15) is 0 Å². The molecule has 0 saturated carbocycles. The summed E-state index contributed by atoms with van der Waals surface area (Å²) in [6.45, 7) is 3.02. The fraction of sp³-hybridized carbons (Fsp3) is 0.756. The summed E-state index contributed by atoms with van der Waals surface area (Å²) in [5.74, 6) is -2.04. The van der Waals surface area contributed by atoms with Gasteiger partial charge in [0.2, 0.25) is 0 Å². The lowest BCUT2D eigenvalue weighted by Crippen LogP contribution is -2.30. The molecule has 0 spiro atoms. The van der Waals surface area contributed by atoms with Crippen LogP contribution >= 0.6 is 7.82 Å². The normalized spacial score (nSPS) is 13.6. The number of phosphoric ester groups is 1. The average Bonchev–Trinajstić information content (AvgIpc) is 3.18. The third-order valence-corrected chi connectivity index (χ3v) is 10.1. The van der Waals surface area contributed by atoms with Gasteiger partial charge in [0.05, 0.1) is 19.8 Å². The Morgan fingerprint density at radius 3 is 1.56 bits per heavy atom. The summed E-state index contributed by atoms with van der Waals surface area (Å²) in [7, 11) is -4.54. The maximum atomic E-state index is 12.6. The van der Waals surface area contributed by atoms with Gasteiger partial charge in [-0.25, -0.2) is 4.57 Å². The van der Waals surface area contributed by atoms with E-state index in [2.05, 4.69) is 61.7 Å². The summed E-state index contributed by atoms with van der Waals surface area (Å²) in [5, 5.41) is 11.2. The zero-order valence-corrected chi connectivity index (χ0v) is 36.6. The van der Waals surface area contributed by atoms with Gasteiger partial charge in [0.25, 0.3) is 0 Å². The van der Waals surface area contributed by atoms with Gasteiger partial charge in [-0.05, 0) is 51.4 Å². The van der Waals surface area contributed by atoms with Crippen molar-refractivity contribution in [3.8, 4) is 0 Å². The lowest BCUT2D eigenvalue weighted by molar-refractivity contribution is -0.161. The van der Waals surface area contributed by atoms with Crippen LogP contribution in [0.2, 0.25) is 0 Å². The SMILES string of the molecule is CCCCC/C=C\C/C=C\C/C=C\C/C=C\CCCC(=O)O[C@H](COC(=O)CCCCCCCCCCCCCCCCC)COP(=O)(O)OCCNCC(=O)O. The van der Waals surface area contributed by atoms with Crippen LogP contribution in [-0.4, -0.2) is 66.9 Å². The first-order valence-electron chi connectivity index (χ1n) is 22.2. The number of allylic oxidation sites excluding steroid dienone is 8. The summed E-state index contributed by atoms with van der Waals surface area (Å²) in [6.07, 6.45) is 43.6. The monoisotopic (exact) mass is 826 g/mol. The van der Waals surface area contributed by atoms with E-state index in [1.807, 2.05) is 6.08 Å². The molecular formula is C45H80NO10P. The number of carbonyl (C=O) groups is 3. The number of carboxylic acid groups (broad SMARTS) is 1. The smallest absolute Gasteiger partial charge is 0.472 e. The van der Waals surface area contributed by atoms with Gasteiger partial charge in [0, 0.05) is 19.4 Å². The van der Waals surface area contributed by atoms with Crippen LogP contribution in [0, 0.1) is 0 Å². The Labute approximate surface area is 346 Å². The van der Waals surface area contributed by atoms with Gasteiger partial charge in [0.15, 0.2) is 6.10 Å². The number of phosphoric acid groups is 1. The van der Waals surface area contributed by atoms with Crippen molar-refractivity contribution in [1.82, 2.24) is 5.32 Å². The number of ether oxygens (including phenoxy) is 2. The van der Waals surface area contributed by atoms with Crippen LogP contribution in [0.4, 0.5) is 0 Å². The molecule has 0 aromatic carbocycles. The first-order valence-corrected chi connectivity index (χ1v) is 23.7. The minimum Gasteiger partial charge on any atom is -0.480 e. The van der Waals surface area contributed by atoms with Gasteiger partial charge in [-0.3, -0.25) is 23.4 Å².